The van der Waals surface area contributed by atoms with Crippen molar-refractivity contribution in [1.29, 1.82) is 0 Å². The second-order valence-corrected chi connectivity index (χ2v) is 7.06. The van der Waals surface area contributed by atoms with Crippen molar-refractivity contribution < 1.29 is 18.4 Å². The van der Waals surface area contributed by atoms with E-state index >= 15 is 0 Å². The van der Waals surface area contributed by atoms with Gasteiger partial charge in [0.25, 0.3) is 5.91 Å². The van der Waals surface area contributed by atoms with Gasteiger partial charge in [0.15, 0.2) is 0 Å². The van der Waals surface area contributed by atoms with Crippen LogP contribution in [0.2, 0.25) is 5.02 Å². The number of benzene rings is 2. The van der Waals surface area contributed by atoms with Gasteiger partial charge in [-0.2, -0.15) is 0 Å². The molecule has 8 heteroatoms. The number of nitrogens with zero attached hydrogens (tertiary/aromatic N) is 2. The average molecular weight is 408 g/mol. The van der Waals surface area contributed by atoms with Crippen LogP contribution >= 0.6 is 11.6 Å². The minimum atomic E-state index is -0.650. The largest absolute Gasteiger partial charge is 0.336 e. The molecule has 148 valence electrons. The minimum Gasteiger partial charge on any atom is -0.336 e. The van der Waals surface area contributed by atoms with E-state index in [4.69, 9.17) is 11.6 Å². The molecule has 0 radical (unpaired) electrons. The van der Waals surface area contributed by atoms with Gasteiger partial charge in [-0.05, 0) is 43.3 Å². The summed E-state index contributed by atoms with van der Waals surface area (Å²) in [5.41, 5.74) is 0.374. The molecule has 1 fully saturated rings. The fourth-order valence-corrected chi connectivity index (χ4v) is 3.28. The average Bonchev–Trinajstić information content (AvgIpc) is 2.67. The van der Waals surface area contributed by atoms with E-state index in [1.807, 2.05) is 4.90 Å². The summed E-state index contributed by atoms with van der Waals surface area (Å²) in [6.45, 7) is 3.44. The van der Waals surface area contributed by atoms with Crippen molar-refractivity contribution in [2.24, 2.45) is 0 Å². The molecule has 2 amide bonds. The molecule has 2 aromatic carbocycles. The lowest BCUT2D eigenvalue weighted by Gasteiger charge is -2.37. The highest BCUT2D eigenvalue weighted by molar-refractivity contribution is 6.30. The van der Waals surface area contributed by atoms with Gasteiger partial charge >= 0.3 is 0 Å². The third-order valence-corrected chi connectivity index (χ3v) is 5.02. The van der Waals surface area contributed by atoms with Crippen molar-refractivity contribution in [3.05, 3.63) is 64.7 Å². The Hall–Kier alpha value is -2.51. The summed E-state index contributed by atoms with van der Waals surface area (Å²) in [6, 6.07) is 9.22. The summed E-state index contributed by atoms with van der Waals surface area (Å²) >= 11 is 5.73. The van der Waals surface area contributed by atoms with Crippen molar-refractivity contribution in [2.45, 2.75) is 13.0 Å². The summed E-state index contributed by atoms with van der Waals surface area (Å²) in [5.74, 6) is -1.73. The zero-order chi connectivity index (χ0) is 20.3. The second kappa shape index (κ2) is 8.67. The van der Waals surface area contributed by atoms with Crippen LogP contribution in [-0.2, 0) is 4.79 Å². The molecule has 0 aromatic heterocycles. The lowest BCUT2D eigenvalue weighted by atomic mass is 10.1. The molecule has 0 bridgehead atoms. The molecule has 1 N–H and O–H groups in total. The third kappa shape index (κ3) is 4.66. The minimum absolute atomic E-state index is 0.0188. The van der Waals surface area contributed by atoms with Gasteiger partial charge in [0.05, 0.1) is 11.6 Å². The molecule has 1 unspecified atom stereocenters. The van der Waals surface area contributed by atoms with Crippen molar-refractivity contribution >= 4 is 29.1 Å². The number of halogens is 3. The number of hydrogen-bond acceptors (Lipinski definition) is 3. The molecule has 0 aliphatic carbocycles. The van der Waals surface area contributed by atoms with E-state index in [1.165, 1.54) is 30.3 Å². The zero-order valence-electron chi connectivity index (χ0n) is 15.3. The molecule has 5 nitrogen and oxygen atoms in total. The summed E-state index contributed by atoms with van der Waals surface area (Å²) in [4.78, 5) is 28.4. The Balaban J connectivity index is 1.56. The Morgan fingerprint density at radius 2 is 1.79 bits per heavy atom. The Kier molecular flexibility index (Phi) is 6.26. The van der Waals surface area contributed by atoms with Crippen LogP contribution in [0.5, 0.6) is 0 Å². The number of piperazine rings is 1. The van der Waals surface area contributed by atoms with Crippen LogP contribution in [-0.4, -0.2) is 53.8 Å². The van der Waals surface area contributed by atoms with Gasteiger partial charge in [0, 0.05) is 36.9 Å². The standard InChI is InChI=1S/C20H20ClF2N3O2/c1-13(19(27)24-16-4-2-3-15(22)12-16)25-7-9-26(10-8-25)20(28)17-6-5-14(21)11-18(17)23/h2-6,11-13H,7-10H2,1H3,(H,24,27). The van der Waals surface area contributed by atoms with E-state index in [0.717, 1.165) is 6.07 Å². The lowest BCUT2D eigenvalue weighted by molar-refractivity contribution is -0.121. The number of hydrogen-bond donors (Lipinski definition) is 1. The maximum absolute atomic E-state index is 14.0. The fourth-order valence-electron chi connectivity index (χ4n) is 3.12. The molecule has 2 aromatic rings. The Morgan fingerprint density at radius 1 is 1.07 bits per heavy atom. The van der Waals surface area contributed by atoms with Crippen molar-refractivity contribution in [2.75, 3.05) is 31.5 Å². The summed E-state index contributed by atoms with van der Waals surface area (Å²) in [6.07, 6.45) is 0. The van der Waals surface area contributed by atoms with E-state index < -0.39 is 23.6 Å². The van der Waals surface area contributed by atoms with Gasteiger partial charge in [0.2, 0.25) is 5.91 Å². The van der Waals surface area contributed by atoms with E-state index in [0.29, 0.717) is 31.9 Å². The molecule has 3 rings (SSSR count). The normalized spacial score (nSPS) is 15.9. The van der Waals surface area contributed by atoms with Crippen LogP contribution in [0.25, 0.3) is 0 Å². The number of carbonyl (C=O) groups excluding carboxylic acids is 2. The molecule has 1 aliphatic rings. The summed E-state index contributed by atoms with van der Waals surface area (Å²) < 4.78 is 27.2. The number of anilines is 1. The van der Waals surface area contributed by atoms with E-state index in [9.17, 15) is 18.4 Å². The molecular formula is C20H20ClF2N3O2. The highest BCUT2D eigenvalue weighted by Gasteiger charge is 2.29. The monoisotopic (exact) mass is 407 g/mol. The Morgan fingerprint density at radius 3 is 2.43 bits per heavy atom. The highest BCUT2D eigenvalue weighted by atomic mass is 35.5. The number of rotatable bonds is 4. The van der Waals surface area contributed by atoms with Crippen LogP contribution < -0.4 is 5.32 Å². The first kappa shape index (κ1) is 20.2. The number of carbonyl (C=O) groups is 2. The summed E-state index contributed by atoms with van der Waals surface area (Å²) in [7, 11) is 0. The summed E-state index contributed by atoms with van der Waals surface area (Å²) in [5, 5.41) is 2.92. The van der Waals surface area contributed by atoms with Crippen LogP contribution in [0, 0.1) is 11.6 Å². The molecule has 1 heterocycles. The highest BCUT2D eigenvalue weighted by Crippen LogP contribution is 2.18. The second-order valence-electron chi connectivity index (χ2n) is 6.63. The first-order valence-corrected chi connectivity index (χ1v) is 9.28. The van der Waals surface area contributed by atoms with E-state index in [-0.39, 0.29) is 16.5 Å². The Bertz CT molecular complexity index is 886. The van der Waals surface area contributed by atoms with Crippen LogP contribution in [0.1, 0.15) is 17.3 Å². The van der Waals surface area contributed by atoms with Gasteiger partial charge in [-0.3, -0.25) is 14.5 Å². The quantitative estimate of drug-likeness (QED) is 0.845. The van der Waals surface area contributed by atoms with Gasteiger partial charge < -0.3 is 10.2 Å². The van der Waals surface area contributed by atoms with Crippen LogP contribution in [0.4, 0.5) is 14.5 Å². The lowest BCUT2D eigenvalue weighted by Crippen LogP contribution is -2.54. The smallest absolute Gasteiger partial charge is 0.256 e. The van der Waals surface area contributed by atoms with Gasteiger partial charge in [0.1, 0.15) is 11.6 Å². The van der Waals surface area contributed by atoms with Gasteiger partial charge in [-0.15, -0.1) is 0 Å². The molecule has 1 aliphatic heterocycles. The fraction of sp³-hybridized carbons (Fsp3) is 0.300. The maximum Gasteiger partial charge on any atom is 0.256 e. The van der Waals surface area contributed by atoms with Crippen molar-refractivity contribution in [3.63, 3.8) is 0 Å². The topological polar surface area (TPSA) is 52.7 Å². The SMILES string of the molecule is CC(C(=O)Nc1cccc(F)c1)N1CCN(C(=O)c2ccc(Cl)cc2F)CC1. The van der Waals surface area contributed by atoms with Crippen LogP contribution in [0.3, 0.4) is 0 Å². The van der Waals surface area contributed by atoms with Gasteiger partial charge in [-0.1, -0.05) is 17.7 Å². The van der Waals surface area contributed by atoms with Crippen molar-refractivity contribution in [1.82, 2.24) is 9.80 Å². The molecule has 0 saturated carbocycles. The van der Waals surface area contributed by atoms with Crippen molar-refractivity contribution in [3.8, 4) is 0 Å². The number of amides is 2. The van der Waals surface area contributed by atoms with E-state index in [2.05, 4.69) is 5.32 Å². The molecule has 0 spiro atoms. The predicted octanol–water partition coefficient (Wildman–Crippen LogP) is 3.40. The number of nitrogens with one attached hydrogen (secondary N) is 1. The molecule has 1 atom stereocenters. The first-order chi connectivity index (χ1) is 13.3. The predicted molar refractivity (Wildman–Crippen MR) is 103 cm³/mol. The molecule has 28 heavy (non-hydrogen) atoms. The van der Waals surface area contributed by atoms with E-state index in [1.54, 1.807) is 17.9 Å². The van der Waals surface area contributed by atoms with Crippen LogP contribution in [0.15, 0.2) is 42.5 Å². The van der Waals surface area contributed by atoms with Gasteiger partial charge in [-0.25, -0.2) is 8.78 Å². The molecular weight excluding hydrogens is 388 g/mol. The third-order valence-electron chi connectivity index (χ3n) is 4.78. The zero-order valence-corrected chi connectivity index (χ0v) is 16.0. The first-order valence-electron chi connectivity index (χ1n) is 8.90. The maximum atomic E-state index is 14.0. The molecule has 1 saturated heterocycles. The Labute approximate surface area is 166 Å².